The van der Waals surface area contributed by atoms with Gasteiger partial charge in [-0.15, -0.1) is 0 Å². The highest BCUT2D eigenvalue weighted by molar-refractivity contribution is 7.92. The van der Waals surface area contributed by atoms with Crippen LogP contribution in [0, 0.1) is 17.8 Å². The molecule has 0 aromatic carbocycles. The van der Waals surface area contributed by atoms with E-state index in [0.717, 1.165) is 18.4 Å². The number of fused-ring (bicyclic) bond motifs is 2. The maximum atomic E-state index is 12.2. The van der Waals surface area contributed by atoms with Crippen molar-refractivity contribution in [2.45, 2.75) is 30.4 Å². The van der Waals surface area contributed by atoms with E-state index < -0.39 is 14.6 Å². The summed E-state index contributed by atoms with van der Waals surface area (Å²) < 4.78 is 29.0. The van der Waals surface area contributed by atoms with Crippen molar-refractivity contribution in [3.63, 3.8) is 0 Å². The molecule has 4 nitrogen and oxygen atoms in total. The smallest absolute Gasteiger partial charge is 0.154 e. The molecule has 2 fully saturated rings. The Balaban J connectivity index is 1.56. The van der Waals surface area contributed by atoms with Gasteiger partial charge >= 0.3 is 0 Å². The van der Waals surface area contributed by atoms with Crippen molar-refractivity contribution in [3.8, 4) is 0 Å². The number of rotatable bonds is 5. The lowest BCUT2D eigenvalue weighted by Gasteiger charge is -2.36. The Morgan fingerprint density at radius 1 is 1.25 bits per heavy atom. The van der Waals surface area contributed by atoms with E-state index in [9.17, 15) is 8.42 Å². The Kier molecular flexibility index (Phi) is 3.95. The van der Waals surface area contributed by atoms with Gasteiger partial charge in [-0.05, 0) is 50.0 Å². The molecule has 5 heteroatoms. The van der Waals surface area contributed by atoms with Crippen LogP contribution in [0.5, 0.6) is 0 Å². The zero-order valence-electron chi connectivity index (χ0n) is 12.2. The van der Waals surface area contributed by atoms with Crippen LogP contribution in [0.3, 0.4) is 0 Å². The largest absolute Gasteiger partial charge is 0.381 e. The maximum Gasteiger partial charge on any atom is 0.154 e. The molecular formula is C15H25NO3S. The summed E-state index contributed by atoms with van der Waals surface area (Å²) in [6.45, 7) is 2.65. The highest BCUT2D eigenvalue weighted by Gasteiger charge is 2.42. The lowest BCUT2D eigenvalue weighted by Crippen LogP contribution is -2.51. The van der Waals surface area contributed by atoms with E-state index in [2.05, 4.69) is 17.5 Å². The topological polar surface area (TPSA) is 55.4 Å². The molecule has 0 spiro atoms. The first-order chi connectivity index (χ1) is 9.50. The molecule has 0 aromatic rings. The lowest BCUT2D eigenvalue weighted by atomic mass is 9.93. The second-order valence-corrected chi connectivity index (χ2v) is 9.15. The highest BCUT2D eigenvalue weighted by Crippen LogP contribution is 2.43. The second-order valence-electron chi connectivity index (χ2n) is 6.74. The second kappa shape index (κ2) is 5.43. The summed E-state index contributed by atoms with van der Waals surface area (Å²) in [4.78, 5) is 0. The third-order valence-electron chi connectivity index (χ3n) is 5.46. The first-order valence-corrected chi connectivity index (χ1v) is 9.56. The highest BCUT2D eigenvalue weighted by atomic mass is 32.2. The fraction of sp³-hybridized carbons (Fsp3) is 0.867. The molecule has 1 heterocycles. The molecule has 114 valence electrons. The Bertz CT molecular complexity index is 479. The van der Waals surface area contributed by atoms with Crippen molar-refractivity contribution in [1.82, 2.24) is 5.32 Å². The van der Waals surface area contributed by atoms with Crippen LogP contribution in [-0.2, 0) is 14.6 Å². The van der Waals surface area contributed by atoms with Gasteiger partial charge in [0.15, 0.2) is 9.84 Å². The molecule has 1 saturated heterocycles. The number of hydrogen-bond donors (Lipinski definition) is 1. The molecule has 2 bridgehead atoms. The van der Waals surface area contributed by atoms with Gasteiger partial charge in [0.1, 0.15) is 0 Å². The van der Waals surface area contributed by atoms with Gasteiger partial charge in [0.25, 0.3) is 0 Å². The summed E-state index contributed by atoms with van der Waals surface area (Å²) in [5.74, 6) is 2.19. The molecule has 3 atom stereocenters. The molecule has 0 radical (unpaired) electrons. The van der Waals surface area contributed by atoms with Crippen LogP contribution in [0.15, 0.2) is 12.2 Å². The van der Waals surface area contributed by atoms with Crippen LogP contribution in [-0.4, -0.2) is 45.7 Å². The van der Waals surface area contributed by atoms with Crippen LogP contribution in [0.4, 0.5) is 0 Å². The minimum absolute atomic E-state index is 0.561. The predicted octanol–water partition coefficient (Wildman–Crippen LogP) is 1.38. The van der Waals surface area contributed by atoms with Gasteiger partial charge in [-0.2, -0.15) is 0 Å². The van der Waals surface area contributed by atoms with Gasteiger partial charge in [-0.25, -0.2) is 8.42 Å². The summed E-state index contributed by atoms with van der Waals surface area (Å²) in [5, 5.41) is 3.46. The van der Waals surface area contributed by atoms with Crippen molar-refractivity contribution < 1.29 is 13.2 Å². The Morgan fingerprint density at radius 2 is 2.00 bits per heavy atom. The van der Waals surface area contributed by atoms with Gasteiger partial charge < -0.3 is 10.1 Å². The van der Waals surface area contributed by atoms with Crippen LogP contribution in [0.25, 0.3) is 0 Å². The Labute approximate surface area is 121 Å². The van der Waals surface area contributed by atoms with Crippen LogP contribution >= 0.6 is 0 Å². The van der Waals surface area contributed by atoms with Crippen molar-refractivity contribution in [2.75, 3.05) is 32.6 Å². The average molecular weight is 299 g/mol. The number of nitrogens with one attached hydrogen (secondary N) is 1. The van der Waals surface area contributed by atoms with Gasteiger partial charge in [-0.1, -0.05) is 12.2 Å². The minimum Gasteiger partial charge on any atom is -0.381 e. The van der Waals surface area contributed by atoms with Crippen LogP contribution in [0.1, 0.15) is 25.7 Å². The Hall–Kier alpha value is -0.390. The zero-order valence-corrected chi connectivity index (χ0v) is 13.0. The summed E-state index contributed by atoms with van der Waals surface area (Å²) in [6.07, 6.45) is 9.88. The van der Waals surface area contributed by atoms with E-state index >= 15 is 0 Å². The molecule has 2 aliphatic carbocycles. The third kappa shape index (κ3) is 2.68. The summed E-state index contributed by atoms with van der Waals surface area (Å²) >= 11 is 0. The molecule has 3 rings (SSSR count). The van der Waals surface area contributed by atoms with Gasteiger partial charge in [0, 0.05) is 26.0 Å². The van der Waals surface area contributed by atoms with Crippen molar-refractivity contribution >= 4 is 9.84 Å². The number of allylic oxidation sites excluding steroid dienone is 2. The molecule has 0 aromatic heterocycles. The van der Waals surface area contributed by atoms with Gasteiger partial charge in [-0.3, -0.25) is 0 Å². The Morgan fingerprint density at radius 3 is 2.55 bits per heavy atom. The number of ether oxygens (including phenoxy) is 1. The van der Waals surface area contributed by atoms with Crippen LogP contribution in [0.2, 0.25) is 0 Å². The standard InChI is InChI=1S/C15H25NO3S/c1-20(17,18)15(4-6-19-7-5-15)11-16-10-14-9-12-2-3-13(14)8-12/h2-3,12-14,16H,4-11H2,1H3/t12-,13-,14-/m0/s1. The lowest BCUT2D eigenvalue weighted by molar-refractivity contribution is 0.0742. The number of hydrogen-bond acceptors (Lipinski definition) is 4. The van der Waals surface area contributed by atoms with Crippen molar-refractivity contribution in [1.29, 1.82) is 0 Å². The summed E-state index contributed by atoms with van der Waals surface area (Å²) in [6, 6.07) is 0. The van der Waals surface area contributed by atoms with Gasteiger partial charge in [0.05, 0.1) is 4.75 Å². The van der Waals surface area contributed by atoms with E-state index in [-0.39, 0.29) is 0 Å². The predicted molar refractivity (Wildman–Crippen MR) is 79.3 cm³/mol. The first-order valence-electron chi connectivity index (χ1n) is 7.67. The van der Waals surface area contributed by atoms with Crippen molar-refractivity contribution in [2.24, 2.45) is 17.8 Å². The maximum absolute atomic E-state index is 12.2. The van der Waals surface area contributed by atoms with E-state index in [1.54, 1.807) is 0 Å². The number of sulfone groups is 1. The first kappa shape index (κ1) is 14.5. The normalized spacial score (nSPS) is 35.5. The third-order valence-corrected chi connectivity index (χ3v) is 7.59. The summed E-state index contributed by atoms with van der Waals surface area (Å²) in [5.41, 5.74) is 0. The summed E-state index contributed by atoms with van der Waals surface area (Å²) in [7, 11) is -3.05. The van der Waals surface area contributed by atoms with Crippen molar-refractivity contribution in [3.05, 3.63) is 12.2 Å². The molecule has 1 aliphatic heterocycles. The fourth-order valence-corrected chi connectivity index (χ4v) is 5.31. The molecule has 20 heavy (non-hydrogen) atoms. The van der Waals surface area contributed by atoms with E-state index in [0.29, 0.717) is 38.5 Å². The van der Waals surface area contributed by atoms with E-state index in [1.807, 2.05) is 0 Å². The molecule has 1 N–H and O–H groups in total. The molecule has 1 saturated carbocycles. The average Bonchev–Trinajstić information content (AvgIpc) is 3.01. The van der Waals surface area contributed by atoms with Gasteiger partial charge in [0.2, 0.25) is 0 Å². The monoisotopic (exact) mass is 299 g/mol. The van der Waals surface area contributed by atoms with E-state index in [1.165, 1.54) is 19.1 Å². The molecule has 3 aliphatic rings. The fourth-order valence-electron chi connectivity index (χ4n) is 4.04. The van der Waals surface area contributed by atoms with Crippen LogP contribution < -0.4 is 5.32 Å². The molecule has 0 unspecified atom stereocenters. The molecule has 0 amide bonds. The quantitative estimate of drug-likeness (QED) is 0.779. The minimum atomic E-state index is -3.05. The SMILES string of the molecule is CS(=O)(=O)C1(CNC[C@@H]2C[C@H]3C=C[C@H]2C3)CCOCC1. The zero-order chi connectivity index (χ0) is 14.2. The molecular weight excluding hydrogens is 274 g/mol. The van der Waals surface area contributed by atoms with E-state index in [4.69, 9.17) is 4.74 Å².